The van der Waals surface area contributed by atoms with Crippen LogP contribution in [0.2, 0.25) is 0 Å². The molecule has 0 spiro atoms. The molecule has 0 radical (unpaired) electrons. The molecule has 2 rings (SSSR count). The van der Waals surface area contributed by atoms with Crippen LogP contribution in [0.1, 0.15) is 50.0 Å². The number of hydrogen-bond donors (Lipinski definition) is 2. The van der Waals surface area contributed by atoms with Crippen molar-refractivity contribution >= 4 is 5.91 Å². The highest BCUT2D eigenvalue weighted by molar-refractivity contribution is 5.78. The van der Waals surface area contributed by atoms with Gasteiger partial charge in [-0.1, -0.05) is 30.8 Å². The van der Waals surface area contributed by atoms with E-state index in [0.29, 0.717) is 24.7 Å². The first-order chi connectivity index (χ1) is 9.74. The summed E-state index contributed by atoms with van der Waals surface area (Å²) in [5.41, 5.74) is 0.691. The molecule has 1 aliphatic carbocycles. The summed E-state index contributed by atoms with van der Waals surface area (Å²) in [6.45, 7) is 3.34. The summed E-state index contributed by atoms with van der Waals surface area (Å²) in [4.78, 5) is 11.7. The smallest absolute Gasteiger partial charge is 0.226 e. The van der Waals surface area contributed by atoms with Crippen LogP contribution in [0.4, 0.5) is 0 Å². The van der Waals surface area contributed by atoms with Crippen molar-refractivity contribution in [1.29, 1.82) is 0 Å². The van der Waals surface area contributed by atoms with E-state index in [2.05, 4.69) is 15.8 Å². The van der Waals surface area contributed by atoms with Crippen LogP contribution < -0.4 is 10.6 Å². The molecule has 112 valence electrons. The van der Waals surface area contributed by atoms with Crippen LogP contribution in [0.15, 0.2) is 10.6 Å². The predicted octanol–water partition coefficient (Wildman–Crippen LogP) is 1.95. The Kier molecular flexibility index (Phi) is 6.05. The molecule has 0 atom stereocenters. The number of nitrogens with one attached hydrogen (secondary N) is 2. The Morgan fingerprint density at radius 1 is 1.30 bits per heavy atom. The Morgan fingerprint density at radius 2 is 2.05 bits per heavy atom. The lowest BCUT2D eigenvalue weighted by Crippen LogP contribution is -2.37. The normalized spacial score (nSPS) is 16.9. The summed E-state index contributed by atoms with van der Waals surface area (Å²) in [6.07, 6.45) is 8.22. The molecule has 1 amide bonds. The minimum Gasteiger partial charge on any atom is -0.361 e. The van der Waals surface area contributed by atoms with E-state index in [1.807, 2.05) is 6.92 Å². The third kappa shape index (κ3) is 5.33. The van der Waals surface area contributed by atoms with Crippen LogP contribution >= 0.6 is 0 Å². The number of hydrogen-bond acceptors (Lipinski definition) is 4. The number of nitrogens with zero attached hydrogens (tertiary/aromatic N) is 1. The molecule has 0 aromatic carbocycles. The van der Waals surface area contributed by atoms with E-state index in [-0.39, 0.29) is 5.91 Å². The molecule has 5 heteroatoms. The molecule has 1 saturated carbocycles. The number of rotatable bonds is 6. The maximum atomic E-state index is 11.7. The van der Waals surface area contributed by atoms with E-state index in [0.717, 1.165) is 12.3 Å². The summed E-state index contributed by atoms with van der Waals surface area (Å²) in [5.74, 6) is 0.740. The second kappa shape index (κ2) is 8.04. The predicted molar refractivity (Wildman–Crippen MR) is 77.4 cm³/mol. The zero-order valence-electron chi connectivity index (χ0n) is 12.3. The third-order valence-corrected chi connectivity index (χ3v) is 3.75. The minimum absolute atomic E-state index is 0.000895. The van der Waals surface area contributed by atoms with Crippen molar-refractivity contribution in [2.24, 2.45) is 0 Å². The number of aromatic nitrogens is 1. The van der Waals surface area contributed by atoms with E-state index in [1.54, 1.807) is 6.07 Å². The number of amides is 1. The van der Waals surface area contributed by atoms with Crippen LogP contribution in [0.5, 0.6) is 0 Å². The average Bonchev–Trinajstić information content (AvgIpc) is 2.67. The van der Waals surface area contributed by atoms with Gasteiger partial charge in [-0.05, 0) is 19.8 Å². The first-order valence-corrected chi connectivity index (χ1v) is 7.66. The zero-order valence-corrected chi connectivity index (χ0v) is 12.3. The van der Waals surface area contributed by atoms with Crippen molar-refractivity contribution in [2.75, 3.05) is 13.1 Å². The van der Waals surface area contributed by atoms with Gasteiger partial charge in [-0.25, -0.2) is 0 Å². The number of carbonyl (C=O) groups excluding carboxylic acids is 1. The monoisotopic (exact) mass is 279 g/mol. The Labute approximate surface area is 120 Å². The summed E-state index contributed by atoms with van der Waals surface area (Å²) < 4.78 is 4.94. The van der Waals surface area contributed by atoms with Gasteiger partial charge in [0.05, 0.1) is 12.1 Å². The molecule has 0 saturated heterocycles. The van der Waals surface area contributed by atoms with Gasteiger partial charge >= 0.3 is 0 Å². The van der Waals surface area contributed by atoms with Crippen molar-refractivity contribution in [3.63, 3.8) is 0 Å². The zero-order chi connectivity index (χ0) is 14.2. The minimum atomic E-state index is 0.000895. The fourth-order valence-electron chi connectivity index (χ4n) is 2.69. The highest BCUT2D eigenvalue weighted by atomic mass is 16.5. The molecule has 2 N–H and O–H groups in total. The Hall–Kier alpha value is -1.36. The van der Waals surface area contributed by atoms with Gasteiger partial charge in [0.1, 0.15) is 5.76 Å². The van der Waals surface area contributed by atoms with Gasteiger partial charge < -0.3 is 15.2 Å². The average molecular weight is 279 g/mol. The molecule has 1 aromatic rings. The Balaban J connectivity index is 1.57. The molecule has 1 fully saturated rings. The quantitative estimate of drug-likeness (QED) is 0.617. The molecular weight excluding hydrogens is 254 g/mol. The van der Waals surface area contributed by atoms with Gasteiger partial charge in [-0.2, -0.15) is 0 Å². The maximum absolute atomic E-state index is 11.7. The largest absolute Gasteiger partial charge is 0.361 e. The van der Waals surface area contributed by atoms with E-state index in [9.17, 15) is 4.79 Å². The Morgan fingerprint density at radius 3 is 2.70 bits per heavy atom. The summed E-state index contributed by atoms with van der Waals surface area (Å²) in [7, 11) is 0. The molecule has 0 bridgehead atoms. The lowest BCUT2D eigenvalue weighted by atomic mass is 10.1. The van der Waals surface area contributed by atoms with Gasteiger partial charge in [-0.3, -0.25) is 4.79 Å². The van der Waals surface area contributed by atoms with Gasteiger partial charge in [0.2, 0.25) is 5.91 Å². The van der Waals surface area contributed by atoms with Crippen LogP contribution in [0.25, 0.3) is 0 Å². The fourth-order valence-corrected chi connectivity index (χ4v) is 2.69. The molecule has 0 aliphatic heterocycles. The van der Waals surface area contributed by atoms with Crippen molar-refractivity contribution in [3.8, 4) is 0 Å². The van der Waals surface area contributed by atoms with Crippen molar-refractivity contribution < 1.29 is 9.32 Å². The fraction of sp³-hybridized carbons (Fsp3) is 0.733. The summed E-state index contributed by atoms with van der Waals surface area (Å²) in [5, 5.41) is 10.3. The van der Waals surface area contributed by atoms with Crippen molar-refractivity contribution in [3.05, 3.63) is 17.5 Å². The summed E-state index contributed by atoms with van der Waals surface area (Å²) >= 11 is 0. The first-order valence-electron chi connectivity index (χ1n) is 7.66. The highest BCUT2D eigenvalue weighted by Gasteiger charge is 2.11. The third-order valence-electron chi connectivity index (χ3n) is 3.75. The van der Waals surface area contributed by atoms with E-state index in [1.165, 1.54) is 38.5 Å². The van der Waals surface area contributed by atoms with Gasteiger partial charge in [-0.15, -0.1) is 0 Å². The lowest BCUT2D eigenvalue weighted by Gasteiger charge is -2.16. The number of aryl methyl sites for hydroxylation is 1. The van der Waals surface area contributed by atoms with Crippen molar-refractivity contribution in [2.45, 2.75) is 57.9 Å². The van der Waals surface area contributed by atoms with E-state index < -0.39 is 0 Å². The highest BCUT2D eigenvalue weighted by Crippen LogP contribution is 2.16. The van der Waals surface area contributed by atoms with Crippen LogP contribution in [0.3, 0.4) is 0 Å². The van der Waals surface area contributed by atoms with Crippen molar-refractivity contribution in [1.82, 2.24) is 15.8 Å². The lowest BCUT2D eigenvalue weighted by molar-refractivity contribution is -0.120. The SMILES string of the molecule is Cc1cc(CC(=O)NCCNC2CCCCCC2)no1. The summed E-state index contributed by atoms with van der Waals surface area (Å²) in [6, 6.07) is 2.43. The van der Waals surface area contributed by atoms with Crippen LogP contribution in [0, 0.1) is 6.92 Å². The van der Waals surface area contributed by atoms with Crippen LogP contribution in [-0.2, 0) is 11.2 Å². The number of carbonyl (C=O) groups is 1. The molecular formula is C15H25N3O2. The molecule has 1 aliphatic rings. The maximum Gasteiger partial charge on any atom is 0.226 e. The van der Waals surface area contributed by atoms with Gasteiger partial charge in [0.25, 0.3) is 0 Å². The van der Waals surface area contributed by atoms with Gasteiger partial charge in [0, 0.05) is 25.2 Å². The van der Waals surface area contributed by atoms with Gasteiger partial charge in [0.15, 0.2) is 0 Å². The standard InChI is InChI=1S/C15H25N3O2/c1-12-10-14(18-20-12)11-15(19)17-9-8-16-13-6-4-2-3-5-7-13/h10,13,16H,2-9,11H2,1H3,(H,17,19). The Bertz CT molecular complexity index is 409. The van der Waals surface area contributed by atoms with E-state index >= 15 is 0 Å². The van der Waals surface area contributed by atoms with E-state index in [4.69, 9.17) is 4.52 Å². The molecule has 1 heterocycles. The molecule has 20 heavy (non-hydrogen) atoms. The second-order valence-electron chi connectivity index (χ2n) is 5.60. The molecule has 1 aromatic heterocycles. The first kappa shape index (κ1) is 15.0. The second-order valence-corrected chi connectivity index (χ2v) is 5.60. The molecule has 5 nitrogen and oxygen atoms in total. The van der Waals surface area contributed by atoms with Crippen LogP contribution in [-0.4, -0.2) is 30.2 Å². The molecule has 0 unspecified atom stereocenters. The topological polar surface area (TPSA) is 67.2 Å².